The van der Waals surface area contributed by atoms with Gasteiger partial charge >= 0.3 is 6.18 Å². The molecule has 1 atom stereocenters. The fourth-order valence-electron chi connectivity index (χ4n) is 1.79. The third-order valence-corrected chi connectivity index (χ3v) is 3.12. The summed E-state index contributed by atoms with van der Waals surface area (Å²) in [6.45, 7) is 1.73. The van der Waals surface area contributed by atoms with Gasteiger partial charge in [-0.2, -0.15) is 13.2 Å². The zero-order valence-corrected chi connectivity index (χ0v) is 12.5. The summed E-state index contributed by atoms with van der Waals surface area (Å²) < 4.78 is 42.7. The van der Waals surface area contributed by atoms with E-state index in [1.807, 2.05) is 11.9 Å². The van der Waals surface area contributed by atoms with Crippen LogP contribution in [0.25, 0.3) is 0 Å². The third-order valence-electron chi connectivity index (χ3n) is 2.56. The molecule has 6 heteroatoms. The first-order chi connectivity index (χ1) is 8.82. The molecule has 0 aliphatic rings. The molecule has 0 radical (unpaired) electrons. The molecule has 1 unspecified atom stereocenters. The Morgan fingerprint density at radius 1 is 1.37 bits per heavy atom. The SMILES string of the molecule is COCC(Br)CN(C)Cc1cccc(C(F)(F)F)c1. The molecular weight excluding hydrogens is 323 g/mol. The number of ether oxygens (including phenoxy) is 1. The lowest BCUT2D eigenvalue weighted by Gasteiger charge is -2.20. The molecule has 0 N–H and O–H groups in total. The molecule has 1 aromatic rings. The number of rotatable bonds is 6. The van der Waals surface area contributed by atoms with E-state index >= 15 is 0 Å². The third kappa shape index (κ3) is 5.93. The second kappa shape index (κ2) is 7.26. The standard InChI is InChI=1S/C13H17BrF3NO/c1-18(8-12(14)9-19-2)7-10-4-3-5-11(6-10)13(15,16)17/h3-6,12H,7-9H2,1-2H3. The molecule has 0 spiro atoms. The van der Waals surface area contributed by atoms with Gasteiger partial charge in [-0.3, -0.25) is 0 Å². The number of halogens is 4. The Hall–Kier alpha value is -0.590. The van der Waals surface area contributed by atoms with Crippen molar-refractivity contribution < 1.29 is 17.9 Å². The van der Waals surface area contributed by atoms with Gasteiger partial charge in [-0.25, -0.2) is 0 Å². The van der Waals surface area contributed by atoms with Gasteiger partial charge in [0.15, 0.2) is 0 Å². The monoisotopic (exact) mass is 339 g/mol. The largest absolute Gasteiger partial charge is 0.416 e. The normalized spacial score (nSPS) is 13.8. The Morgan fingerprint density at radius 3 is 2.63 bits per heavy atom. The van der Waals surface area contributed by atoms with Crippen molar-refractivity contribution >= 4 is 15.9 Å². The highest BCUT2D eigenvalue weighted by atomic mass is 79.9. The predicted octanol–water partition coefficient (Wildman–Crippen LogP) is 3.55. The van der Waals surface area contributed by atoms with Crippen LogP contribution in [0.1, 0.15) is 11.1 Å². The summed E-state index contributed by atoms with van der Waals surface area (Å²) in [4.78, 5) is 2.11. The molecule has 0 aromatic heterocycles. The van der Waals surface area contributed by atoms with Crippen molar-refractivity contribution in [3.05, 3.63) is 35.4 Å². The van der Waals surface area contributed by atoms with Gasteiger partial charge < -0.3 is 9.64 Å². The van der Waals surface area contributed by atoms with E-state index in [1.165, 1.54) is 12.1 Å². The molecule has 0 aliphatic heterocycles. The number of hydrogen-bond donors (Lipinski definition) is 0. The van der Waals surface area contributed by atoms with Crippen LogP contribution in [0.5, 0.6) is 0 Å². The summed E-state index contributed by atoms with van der Waals surface area (Å²) in [5.74, 6) is 0. The van der Waals surface area contributed by atoms with E-state index in [4.69, 9.17) is 4.74 Å². The maximum absolute atomic E-state index is 12.6. The zero-order valence-electron chi connectivity index (χ0n) is 10.9. The molecule has 19 heavy (non-hydrogen) atoms. The van der Waals surface area contributed by atoms with E-state index in [0.29, 0.717) is 25.3 Å². The molecule has 0 bridgehead atoms. The van der Waals surface area contributed by atoms with E-state index in [1.54, 1.807) is 13.2 Å². The Balaban J connectivity index is 2.62. The molecule has 0 fully saturated rings. The summed E-state index contributed by atoms with van der Waals surface area (Å²) in [6.07, 6.45) is -4.29. The van der Waals surface area contributed by atoms with Crippen molar-refractivity contribution in [1.82, 2.24) is 4.90 Å². The van der Waals surface area contributed by atoms with E-state index in [0.717, 1.165) is 6.07 Å². The first-order valence-corrected chi connectivity index (χ1v) is 6.72. The smallest absolute Gasteiger partial charge is 0.383 e. The maximum atomic E-state index is 12.6. The molecule has 0 saturated heterocycles. The van der Waals surface area contributed by atoms with Gasteiger partial charge in [0.2, 0.25) is 0 Å². The Morgan fingerprint density at radius 2 is 2.05 bits per heavy atom. The van der Waals surface area contributed by atoms with Gasteiger partial charge in [-0.05, 0) is 18.7 Å². The second-order valence-corrected chi connectivity index (χ2v) is 5.74. The van der Waals surface area contributed by atoms with Crippen LogP contribution >= 0.6 is 15.9 Å². The maximum Gasteiger partial charge on any atom is 0.416 e. The Labute approximate surface area is 119 Å². The molecule has 2 nitrogen and oxygen atoms in total. The molecule has 1 rings (SSSR count). The summed E-state index contributed by atoms with van der Waals surface area (Å²) in [5.41, 5.74) is 0.0418. The number of hydrogen-bond acceptors (Lipinski definition) is 2. The highest BCUT2D eigenvalue weighted by molar-refractivity contribution is 9.09. The lowest BCUT2D eigenvalue weighted by atomic mass is 10.1. The van der Waals surface area contributed by atoms with Crippen molar-refractivity contribution in [3.63, 3.8) is 0 Å². The molecule has 108 valence electrons. The fraction of sp³-hybridized carbons (Fsp3) is 0.538. The second-order valence-electron chi connectivity index (χ2n) is 4.45. The predicted molar refractivity (Wildman–Crippen MR) is 72.4 cm³/mol. The van der Waals surface area contributed by atoms with E-state index in [9.17, 15) is 13.2 Å². The van der Waals surface area contributed by atoms with Crippen LogP contribution in [0.15, 0.2) is 24.3 Å². The average molecular weight is 340 g/mol. The van der Waals surface area contributed by atoms with Crippen LogP contribution in [0.2, 0.25) is 0 Å². The first kappa shape index (κ1) is 16.5. The summed E-state index contributed by atoms with van der Waals surface area (Å²) in [7, 11) is 3.48. The van der Waals surface area contributed by atoms with Gasteiger partial charge in [-0.15, -0.1) is 0 Å². The van der Waals surface area contributed by atoms with Crippen LogP contribution in [-0.4, -0.2) is 37.0 Å². The van der Waals surface area contributed by atoms with Crippen molar-refractivity contribution in [3.8, 4) is 0 Å². The zero-order chi connectivity index (χ0) is 14.5. The number of methoxy groups -OCH3 is 1. The van der Waals surface area contributed by atoms with Gasteiger partial charge in [0.25, 0.3) is 0 Å². The number of nitrogens with zero attached hydrogens (tertiary/aromatic N) is 1. The molecule has 1 aromatic carbocycles. The highest BCUT2D eigenvalue weighted by Crippen LogP contribution is 2.29. The molecule has 0 heterocycles. The minimum absolute atomic E-state index is 0.160. The van der Waals surface area contributed by atoms with Crippen LogP contribution in [0.3, 0.4) is 0 Å². The summed E-state index contributed by atoms with van der Waals surface area (Å²) >= 11 is 3.45. The molecular formula is C13H17BrF3NO. The van der Waals surface area contributed by atoms with E-state index in [2.05, 4.69) is 15.9 Å². The first-order valence-electron chi connectivity index (χ1n) is 5.80. The van der Waals surface area contributed by atoms with Crippen LogP contribution in [0.4, 0.5) is 13.2 Å². The van der Waals surface area contributed by atoms with Crippen molar-refractivity contribution in [2.45, 2.75) is 17.5 Å². The van der Waals surface area contributed by atoms with Crippen LogP contribution in [0, 0.1) is 0 Å². The van der Waals surface area contributed by atoms with Gasteiger partial charge in [0, 0.05) is 20.2 Å². The van der Waals surface area contributed by atoms with Crippen LogP contribution in [-0.2, 0) is 17.5 Å². The van der Waals surface area contributed by atoms with Crippen molar-refractivity contribution in [1.29, 1.82) is 0 Å². The number of alkyl halides is 4. The average Bonchev–Trinajstić information content (AvgIpc) is 2.28. The Bertz CT molecular complexity index is 398. The van der Waals surface area contributed by atoms with Crippen molar-refractivity contribution in [2.24, 2.45) is 0 Å². The molecule has 0 saturated carbocycles. The Kier molecular flexibility index (Phi) is 6.29. The van der Waals surface area contributed by atoms with Crippen LogP contribution < -0.4 is 0 Å². The van der Waals surface area contributed by atoms with Gasteiger partial charge in [-0.1, -0.05) is 34.1 Å². The van der Waals surface area contributed by atoms with Crippen molar-refractivity contribution in [2.75, 3.05) is 27.3 Å². The molecule has 0 aliphatic carbocycles. The quantitative estimate of drug-likeness (QED) is 0.735. The highest BCUT2D eigenvalue weighted by Gasteiger charge is 2.30. The lowest BCUT2D eigenvalue weighted by molar-refractivity contribution is -0.137. The molecule has 0 amide bonds. The minimum Gasteiger partial charge on any atom is -0.383 e. The van der Waals surface area contributed by atoms with E-state index < -0.39 is 11.7 Å². The fourth-order valence-corrected chi connectivity index (χ4v) is 2.55. The topological polar surface area (TPSA) is 12.5 Å². The number of benzene rings is 1. The van der Waals surface area contributed by atoms with E-state index in [-0.39, 0.29) is 4.83 Å². The summed E-state index contributed by atoms with van der Waals surface area (Å²) in [5, 5.41) is 0. The lowest BCUT2D eigenvalue weighted by Crippen LogP contribution is -2.28. The van der Waals surface area contributed by atoms with Gasteiger partial charge in [0.05, 0.1) is 17.0 Å². The summed E-state index contributed by atoms with van der Waals surface area (Å²) in [6, 6.07) is 5.41. The van der Waals surface area contributed by atoms with Gasteiger partial charge in [0.1, 0.15) is 0 Å². The minimum atomic E-state index is -4.29.